The molecule has 0 aliphatic rings. The van der Waals surface area contributed by atoms with Crippen molar-refractivity contribution in [1.82, 2.24) is 0 Å². The van der Waals surface area contributed by atoms with Gasteiger partial charge in [-0.15, -0.1) is 0 Å². The number of carbonyl (C=O) groups excluding carboxylic acids is 1. The van der Waals surface area contributed by atoms with Crippen molar-refractivity contribution in [1.29, 1.82) is 0 Å². The monoisotopic (exact) mass is 272 g/mol. The number of ether oxygens (including phenoxy) is 2. The molecule has 1 aromatic carbocycles. The highest BCUT2D eigenvalue weighted by atomic mass is 35.5. The summed E-state index contributed by atoms with van der Waals surface area (Å²) in [5, 5.41) is 9.69. The molecule has 0 radical (unpaired) electrons. The summed E-state index contributed by atoms with van der Waals surface area (Å²) in [7, 11) is 0. The predicted molar refractivity (Wildman–Crippen MR) is 68.6 cm³/mol. The fourth-order valence-electron chi connectivity index (χ4n) is 1.33. The molecule has 1 rings (SSSR count). The molecule has 100 valence electrons. The minimum absolute atomic E-state index is 0.358. The van der Waals surface area contributed by atoms with Gasteiger partial charge in [0, 0.05) is 10.6 Å². The maximum absolute atomic E-state index is 11.5. The summed E-state index contributed by atoms with van der Waals surface area (Å²) >= 11 is 5.97. The predicted octanol–water partition coefficient (Wildman–Crippen LogP) is 3.33. The van der Waals surface area contributed by atoms with Crippen LogP contribution < -0.4 is 0 Å². The molecule has 1 aromatic rings. The third-order valence-corrected chi connectivity index (χ3v) is 2.39. The van der Waals surface area contributed by atoms with Gasteiger partial charge >= 0.3 is 6.16 Å². The van der Waals surface area contributed by atoms with E-state index in [-0.39, 0.29) is 6.61 Å². The fraction of sp³-hybridized carbons (Fsp3) is 0.462. The molecule has 0 aliphatic heterocycles. The maximum Gasteiger partial charge on any atom is 0.509 e. The lowest BCUT2D eigenvalue weighted by Gasteiger charge is -2.22. The largest absolute Gasteiger partial charge is 0.509 e. The Labute approximate surface area is 111 Å². The Bertz CT molecular complexity index is 412. The summed E-state index contributed by atoms with van der Waals surface area (Å²) in [4.78, 5) is 11.5. The Morgan fingerprint density at radius 1 is 1.39 bits per heavy atom. The van der Waals surface area contributed by atoms with Crippen LogP contribution in [0.4, 0.5) is 4.79 Å². The molecule has 4 nitrogen and oxygen atoms in total. The summed E-state index contributed by atoms with van der Waals surface area (Å²) in [6.45, 7) is 4.84. The lowest BCUT2D eigenvalue weighted by Crippen LogP contribution is -2.26. The molecule has 0 aliphatic carbocycles. The van der Waals surface area contributed by atoms with Crippen LogP contribution in [-0.4, -0.2) is 23.5 Å². The van der Waals surface area contributed by atoms with Crippen LogP contribution in [0.2, 0.25) is 5.02 Å². The SMILES string of the molecule is CC(C)(C)OC(=O)OC(CO)c1ccccc1Cl. The van der Waals surface area contributed by atoms with Gasteiger partial charge < -0.3 is 14.6 Å². The first-order valence-electron chi connectivity index (χ1n) is 5.58. The minimum Gasteiger partial charge on any atom is -0.429 e. The van der Waals surface area contributed by atoms with Crippen molar-refractivity contribution in [2.45, 2.75) is 32.5 Å². The van der Waals surface area contributed by atoms with E-state index in [1.807, 2.05) is 0 Å². The lowest BCUT2D eigenvalue weighted by molar-refractivity contribution is -0.0388. The molecule has 0 amide bonds. The van der Waals surface area contributed by atoms with E-state index in [9.17, 15) is 9.90 Å². The van der Waals surface area contributed by atoms with Crippen molar-refractivity contribution < 1.29 is 19.4 Å². The van der Waals surface area contributed by atoms with Crippen LogP contribution in [-0.2, 0) is 9.47 Å². The van der Waals surface area contributed by atoms with Gasteiger partial charge in [-0.2, -0.15) is 0 Å². The van der Waals surface area contributed by atoms with Crippen molar-refractivity contribution in [3.05, 3.63) is 34.9 Å². The van der Waals surface area contributed by atoms with E-state index in [4.69, 9.17) is 21.1 Å². The second-order valence-corrected chi connectivity index (χ2v) is 5.18. The molecule has 0 aromatic heterocycles. The average Bonchev–Trinajstić information content (AvgIpc) is 2.24. The molecule has 1 atom stereocenters. The van der Waals surface area contributed by atoms with Crippen molar-refractivity contribution in [3.8, 4) is 0 Å². The number of hydrogen-bond acceptors (Lipinski definition) is 4. The molecule has 1 unspecified atom stereocenters. The van der Waals surface area contributed by atoms with Gasteiger partial charge in [0.1, 0.15) is 5.60 Å². The van der Waals surface area contributed by atoms with Crippen LogP contribution in [0, 0.1) is 0 Å². The number of benzene rings is 1. The number of aliphatic hydroxyl groups is 1. The maximum atomic E-state index is 11.5. The molecule has 0 bridgehead atoms. The Morgan fingerprint density at radius 3 is 2.50 bits per heavy atom. The van der Waals surface area contributed by atoms with Gasteiger partial charge in [0.15, 0.2) is 6.10 Å². The van der Waals surface area contributed by atoms with Crippen LogP contribution in [0.15, 0.2) is 24.3 Å². The van der Waals surface area contributed by atoms with Gasteiger partial charge in [0.05, 0.1) is 6.61 Å². The normalized spacial score (nSPS) is 12.9. The molecule has 18 heavy (non-hydrogen) atoms. The highest BCUT2D eigenvalue weighted by Crippen LogP contribution is 2.26. The van der Waals surface area contributed by atoms with E-state index in [0.717, 1.165) is 0 Å². The number of carbonyl (C=O) groups is 1. The summed E-state index contributed by atoms with van der Waals surface area (Å²) < 4.78 is 10.1. The molecule has 5 heteroatoms. The molecule has 0 heterocycles. The molecule has 1 N–H and O–H groups in total. The standard InChI is InChI=1S/C13H17ClO4/c1-13(2,3)18-12(16)17-11(8-15)9-6-4-5-7-10(9)14/h4-7,11,15H,8H2,1-3H3. The number of rotatable bonds is 3. The molecule has 0 fully saturated rings. The first kappa shape index (κ1) is 14.8. The minimum atomic E-state index is -0.832. The highest BCUT2D eigenvalue weighted by Gasteiger charge is 2.23. The Kier molecular flexibility index (Phi) is 4.99. The van der Waals surface area contributed by atoms with Gasteiger partial charge in [-0.05, 0) is 26.8 Å². The summed E-state index contributed by atoms with van der Waals surface area (Å²) in [5.74, 6) is 0. The number of halogens is 1. The summed E-state index contributed by atoms with van der Waals surface area (Å²) in [5.41, 5.74) is -0.0927. The summed E-state index contributed by atoms with van der Waals surface area (Å²) in [6.07, 6.45) is -1.66. The van der Waals surface area contributed by atoms with E-state index < -0.39 is 17.9 Å². The van der Waals surface area contributed by atoms with Crippen LogP contribution in [0.1, 0.15) is 32.4 Å². The highest BCUT2D eigenvalue weighted by molar-refractivity contribution is 6.31. The van der Waals surface area contributed by atoms with Crippen molar-refractivity contribution in [2.75, 3.05) is 6.61 Å². The average molecular weight is 273 g/mol. The van der Waals surface area contributed by atoms with Crippen LogP contribution in [0.3, 0.4) is 0 Å². The fourth-order valence-corrected chi connectivity index (χ4v) is 1.58. The third kappa shape index (κ3) is 4.55. The van der Waals surface area contributed by atoms with E-state index in [1.165, 1.54) is 0 Å². The van der Waals surface area contributed by atoms with Crippen LogP contribution in [0.25, 0.3) is 0 Å². The van der Waals surface area contributed by atoms with Crippen LogP contribution >= 0.6 is 11.6 Å². The molecular weight excluding hydrogens is 256 g/mol. The van der Waals surface area contributed by atoms with Gasteiger partial charge in [0.2, 0.25) is 0 Å². The summed E-state index contributed by atoms with van der Waals surface area (Å²) in [6, 6.07) is 6.86. The van der Waals surface area contributed by atoms with Gasteiger partial charge in [-0.3, -0.25) is 0 Å². The van der Waals surface area contributed by atoms with E-state index in [2.05, 4.69) is 0 Å². The second-order valence-electron chi connectivity index (χ2n) is 4.78. The topological polar surface area (TPSA) is 55.8 Å². The lowest BCUT2D eigenvalue weighted by atomic mass is 10.1. The third-order valence-electron chi connectivity index (χ3n) is 2.05. The molecule has 0 saturated carbocycles. The zero-order chi connectivity index (χ0) is 13.8. The van der Waals surface area contributed by atoms with E-state index >= 15 is 0 Å². The smallest absolute Gasteiger partial charge is 0.429 e. The van der Waals surface area contributed by atoms with Gasteiger partial charge in [-0.25, -0.2) is 4.79 Å². The van der Waals surface area contributed by atoms with Crippen molar-refractivity contribution in [3.63, 3.8) is 0 Å². The van der Waals surface area contributed by atoms with Crippen molar-refractivity contribution >= 4 is 17.8 Å². The molecule has 0 saturated heterocycles. The Morgan fingerprint density at radius 2 is 2.00 bits per heavy atom. The van der Waals surface area contributed by atoms with Gasteiger partial charge in [-0.1, -0.05) is 29.8 Å². The second kappa shape index (κ2) is 6.07. The van der Waals surface area contributed by atoms with Crippen molar-refractivity contribution in [2.24, 2.45) is 0 Å². The number of aliphatic hydroxyl groups excluding tert-OH is 1. The van der Waals surface area contributed by atoms with Gasteiger partial charge in [0.25, 0.3) is 0 Å². The molecular formula is C13H17ClO4. The van der Waals surface area contributed by atoms with Crippen LogP contribution in [0.5, 0.6) is 0 Å². The molecule has 0 spiro atoms. The zero-order valence-electron chi connectivity index (χ0n) is 10.6. The Hall–Kier alpha value is -1.26. The quantitative estimate of drug-likeness (QED) is 0.858. The van der Waals surface area contributed by atoms with E-state index in [0.29, 0.717) is 10.6 Å². The first-order chi connectivity index (χ1) is 8.33. The number of hydrogen-bond donors (Lipinski definition) is 1. The first-order valence-corrected chi connectivity index (χ1v) is 5.96. The van der Waals surface area contributed by atoms with E-state index in [1.54, 1.807) is 45.0 Å². The zero-order valence-corrected chi connectivity index (χ0v) is 11.4. The Balaban J connectivity index is 2.74.